The molecule has 1 atom stereocenters. The van der Waals surface area contributed by atoms with Crippen LogP contribution in [-0.2, 0) is 11.3 Å². The van der Waals surface area contributed by atoms with Crippen molar-refractivity contribution in [2.75, 3.05) is 25.0 Å². The molecule has 1 aromatic rings. The zero-order valence-electron chi connectivity index (χ0n) is 11.4. The average molecular weight is 262 g/mol. The van der Waals surface area contributed by atoms with Crippen LogP contribution in [0.4, 0.5) is 5.69 Å². The molecule has 1 aromatic carbocycles. The normalized spacial score (nSPS) is 20.2. The lowest BCUT2D eigenvalue weighted by atomic mass is 10.00. The third-order valence-electron chi connectivity index (χ3n) is 3.53. The zero-order valence-corrected chi connectivity index (χ0v) is 11.4. The second kappa shape index (κ2) is 6.68. The smallest absolute Gasteiger partial charge is 0.250 e. The Bertz CT molecular complexity index is 417. The molecule has 0 aliphatic carbocycles. The van der Waals surface area contributed by atoms with E-state index >= 15 is 0 Å². The lowest BCUT2D eigenvalue weighted by molar-refractivity contribution is -0.118. The molecule has 1 amide bonds. The number of likely N-dealkylation sites (tertiary alicyclic amines) is 1. The summed E-state index contributed by atoms with van der Waals surface area (Å²) in [7, 11) is 0. The van der Waals surface area contributed by atoms with Crippen LogP contribution in [0.25, 0.3) is 0 Å². The first kappa shape index (κ1) is 14.0. The molecule has 1 unspecified atom stereocenters. The Balaban J connectivity index is 1.89. The number of hydrogen-bond donors (Lipinski definition) is 2. The number of carbonyl (C=O) groups is 1. The molecular formula is C15H22N2O2. The molecule has 4 heteroatoms. The highest BCUT2D eigenvalue weighted by atomic mass is 16.3. The molecule has 1 heterocycles. The lowest BCUT2D eigenvalue weighted by Crippen LogP contribution is -2.33. The maximum Gasteiger partial charge on any atom is 0.250 e. The Morgan fingerprint density at radius 3 is 2.79 bits per heavy atom. The van der Waals surface area contributed by atoms with Crippen molar-refractivity contribution in [3.63, 3.8) is 0 Å². The van der Waals surface area contributed by atoms with Gasteiger partial charge in [-0.15, -0.1) is 0 Å². The number of carbonyl (C=O) groups excluding carboxylic acids is 1. The van der Waals surface area contributed by atoms with E-state index in [1.54, 1.807) is 0 Å². The largest absolute Gasteiger partial charge is 0.387 e. The summed E-state index contributed by atoms with van der Waals surface area (Å²) in [4.78, 5) is 13.5. The van der Waals surface area contributed by atoms with Gasteiger partial charge in [-0.3, -0.25) is 9.69 Å². The zero-order chi connectivity index (χ0) is 13.7. The molecule has 1 fully saturated rings. The molecule has 0 radical (unpaired) electrons. The van der Waals surface area contributed by atoms with E-state index in [1.807, 2.05) is 24.3 Å². The van der Waals surface area contributed by atoms with Gasteiger partial charge in [0.05, 0.1) is 0 Å². The highest BCUT2D eigenvalue weighted by molar-refractivity contribution is 5.91. The van der Waals surface area contributed by atoms with Crippen molar-refractivity contribution in [2.24, 2.45) is 5.92 Å². The SMILES string of the molecule is CC1CCCN(Cc2ccc(NC(=O)CO)cc2)C1. The summed E-state index contributed by atoms with van der Waals surface area (Å²) in [6, 6.07) is 7.84. The van der Waals surface area contributed by atoms with E-state index in [0.29, 0.717) is 0 Å². The summed E-state index contributed by atoms with van der Waals surface area (Å²) >= 11 is 0. The fourth-order valence-corrected chi connectivity index (χ4v) is 2.58. The van der Waals surface area contributed by atoms with E-state index < -0.39 is 6.61 Å². The first-order valence-electron chi connectivity index (χ1n) is 6.89. The highest BCUT2D eigenvalue weighted by Crippen LogP contribution is 2.18. The van der Waals surface area contributed by atoms with Crippen LogP contribution in [0.15, 0.2) is 24.3 Å². The van der Waals surface area contributed by atoms with E-state index in [4.69, 9.17) is 5.11 Å². The summed E-state index contributed by atoms with van der Waals surface area (Å²) in [5.74, 6) is 0.412. The average Bonchev–Trinajstić information content (AvgIpc) is 2.41. The van der Waals surface area contributed by atoms with E-state index in [1.165, 1.54) is 31.5 Å². The molecule has 2 rings (SSSR count). The number of hydrogen-bond acceptors (Lipinski definition) is 3. The molecule has 1 saturated heterocycles. The second-order valence-electron chi connectivity index (χ2n) is 5.39. The lowest BCUT2D eigenvalue weighted by Gasteiger charge is -2.30. The van der Waals surface area contributed by atoms with E-state index in [0.717, 1.165) is 18.2 Å². The Kier molecular flexibility index (Phi) is 4.93. The monoisotopic (exact) mass is 262 g/mol. The molecule has 1 aliphatic rings. The predicted octanol–water partition coefficient (Wildman–Crippen LogP) is 1.85. The first-order chi connectivity index (χ1) is 9.17. The van der Waals surface area contributed by atoms with Crippen molar-refractivity contribution >= 4 is 11.6 Å². The first-order valence-corrected chi connectivity index (χ1v) is 6.89. The summed E-state index contributed by atoms with van der Waals surface area (Å²) < 4.78 is 0. The molecule has 0 saturated carbocycles. The van der Waals surface area contributed by atoms with E-state index in [9.17, 15) is 4.79 Å². The van der Waals surface area contributed by atoms with Crippen molar-refractivity contribution in [1.29, 1.82) is 0 Å². The van der Waals surface area contributed by atoms with Crippen LogP contribution >= 0.6 is 0 Å². The fourth-order valence-electron chi connectivity index (χ4n) is 2.58. The quantitative estimate of drug-likeness (QED) is 0.870. The van der Waals surface area contributed by atoms with Gasteiger partial charge in [-0.25, -0.2) is 0 Å². The number of rotatable bonds is 4. The summed E-state index contributed by atoms with van der Waals surface area (Å²) in [5.41, 5.74) is 1.99. The number of nitrogens with one attached hydrogen (secondary N) is 1. The van der Waals surface area contributed by atoms with Crippen LogP contribution in [-0.4, -0.2) is 35.6 Å². The third-order valence-corrected chi connectivity index (χ3v) is 3.53. The van der Waals surface area contributed by atoms with Gasteiger partial charge in [-0.1, -0.05) is 19.1 Å². The van der Waals surface area contributed by atoms with Crippen molar-refractivity contribution in [1.82, 2.24) is 4.90 Å². The van der Waals surface area contributed by atoms with Gasteiger partial charge in [-0.2, -0.15) is 0 Å². The van der Waals surface area contributed by atoms with Crippen LogP contribution in [0.2, 0.25) is 0 Å². The minimum Gasteiger partial charge on any atom is -0.387 e. The van der Waals surface area contributed by atoms with Crippen molar-refractivity contribution in [2.45, 2.75) is 26.3 Å². The van der Waals surface area contributed by atoms with Gasteiger partial charge in [0.1, 0.15) is 6.61 Å². The van der Waals surface area contributed by atoms with E-state index in [2.05, 4.69) is 17.1 Å². The fraction of sp³-hybridized carbons (Fsp3) is 0.533. The van der Waals surface area contributed by atoms with Gasteiger partial charge in [0.15, 0.2) is 0 Å². The highest BCUT2D eigenvalue weighted by Gasteiger charge is 2.16. The number of anilines is 1. The molecule has 19 heavy (non-hydrogen) atoms. The minimum atomic E-state index is -0.479. The van der Waals surface area contributed by atoms with Gasteiger partial charge in [-0.05, 0) is 43.0 Å². The second-order valence-corrected chi connectivity index (χ2v) is 5.39. The van der Waals surface area contributed by atoms with Crippen molar-refractivity contribution < 1.29 is 9.90 Å². The summed E-state index contributed by atoms with van der Waals surface area (Å²) in [6.45, 7) is 5.14. The Morgan fingerprint density at radius 1 is 1.42 bits per heavy atom. The van der Waals surface area contributed by atoms with E-state index in [-0.39, 0.29) is 5.91 Å². The molecule has 104 valence electrons. The minimum absolute atomic E-state index is 0.377. The van der Waals surface area contributed by atoms with Gasteiger partial charge in [0, 0.05) is 18.8 Å². The molecular weight excluding hydrogens is 240 g/mol. The van der Waals surface area contributed by atoms with Gasteiger partial charge in [0.25, 0.3) is 0 Å². The van der Waals surface area contributed by atoms with Crippen LogP contribution < -0.4 is 5.32 Å². The molecule has 4 nitrogen and oxygen atoms in total. The Hall–Kier alpha value is -1.39. The molecule has 0 bridgehead atoms. The van der Waals surface area contributed by atoms with Gasteiger partial charge in [0.2, 0.25) is 5.91 Å². The van der Waals surface area contributed by atoms with Crippen LogP contribution in [0, 0.1) is 5.92 Å². The standard InChI is InChI=1S/C15H22N2O2/c1-12-3-2-8-17(9-12)10-13-4-6-14(7-5-13)16-15(19)11-18/h4-7,12,18H,2-3,8-11H2,1H3,(H,16,19). The van der Waals surface area contributed by atoms with Crippen molar-refractivity contribution in [3.8, 4) is 0 Å². The Morgan fingerprint density at radius 2 is 2.16 bits per heavy atom. The van der Waals surface area contributed by atoms with Gasteiger partial charge >= 0.3 is 0 Å². The van der Waals surface area contributed by atoms with Crippen LogP contribution in [0.1, 0.15) is 25.3 Å². The predicted molar refractivity (Wildman–Crippen MR) is 75.8 cm³/mol. The topological polar surface area (TPSA) is 52.6 Å². The number of aliphatic hydroxyl groups excluding tert-OH is 1. The molecule has 1 aliphatic heterocycles. The molecule has 0 spiro atoms. The molecule has 2 N–H and O–H groups in total. The maximum absolute atomic E-state index is 11.0. The summed E-state index contributed by atoms with van der Waals surface area (Å²) in [6.07, 6.45) is 2.62. The van der Waals surface area contributed by atoms with Crippen LogP contribution in [0.5, 0.6) is 0 Å². The number of piperidine rings is 1. The summed E-state index contributed by atoms with van der Waals surface area (Å²) in [5, 5.41) is 11.3. The third kappa shape index (κ3) is 4.33. The number of aliphatic hydroxyl groups is 1. The maximum atomic E-state index is 11.0. The number of amides is 1. The Labute approximate surface area is 114 Å². The van der Waals surface area contributed by atoms with Gasteiger partial charge < -0.3 is 10.4 Å². The van der Waals surface area contributed by atoms with Crippen molar-refractivity contribution in [3.05, 3.63) is 29.8 Å². The molecule has 0 aromatic heterocycles. The number of benzene rings is 1. The number of nitrogens with zero attached hydrogens (tertiary/aromatic N) is 1. The van der Waals surface area contributed by atoms with Crippen LogP contribution in [0.3, 0.4) is 0 Å².